The Labute approximate surface area is 136 Å². The Morgan fingerprint density at radius 1 is 1.13 bits per heavy atom. The smallest absolute Gasteiger partial charge is 0.212 e. The molecule has 1 aromatic rings. The number of rotatable bonds is 6. The van der Waals surface area contributed by atoms with Crippen LogP contribution in [0.3, 0.4) is 0 Å². The predicted octanol–water partition coefficient (Wildman–Crippen LogP) is 1.23. The number of nitrogens with zero attached hydrogens (tertiary/aromatic N) is 1. The highest BCUT2D eigenvalue weighted by atomic mass is 32.2. The van der Waals surface area contributed by atoms with E-state index in [1.165, 1.54) is 17.3 Å². The minimum Gasteiger partial charge on any atom is -0.212 e. The van der Waals surface area contributed by atoms with Gasteiger partial charge in [-0.2, -0.15) is 0 Å². The maximum absolute atomic E-state index is 13.0. The van der Waals surface area contributed by atoms with Crippen molar-refractivity contribution in [3.05, 3.63) is 29.6 Å². The molecule has 0 aliphatic carbocycles. The highest BCUT2D eigenvalue weighted by Gasteiger charge is 2.24. The van der Waals surface area contributed by atoms with Crippen LogP contribution in [-0.4, -0.2) is 46.5 Å². The highest BCUT2D eigenvalue weighted by Crippen LogP contribution is 2.16. The molecule has 1 N–H and O–H groups in total. The van der Waals surface area contributed by atoms with Gasteiger partial charge in [-0.15, -0.1) is 0 Å². The second kappa shape index (κ2) is 7.25. The molecular formula is C14H21FN2O4S2. The van der Waals surface area contributed by atoms with E-state index >= 15 is 0 Å². The van der Waals surface area contributed by atoms with Crippen LogP contribution in [0.2, 0.25) is 0 Å². The first kappa shape index (κ1) is 18.3. The molecule has 1 saturated heterocycles. The Balaban J connectivity index is 1.99. The van der Waals surface area contributed by atoms with E-state index in [1.807, 2.05) is 0 Å². The Bertz CT molecular complexity index is 757. The topological polar surface area (TPSA) is 83.5 Å². The molecule has 0 amide bonds. The van der Waals surface area contributed by atoms with E-state index < -0.39 is 25.9 Å². The normalized spacial score (nSPS) is 17.3. The van der Waals surface area contributed by atoms with Crippen molar-refractivity contribution in [2.75, 3.05) is 25.4 Å². The van der Waals surface area contributed by atoms with Crippen LogP contribution >= 0.6 is 0 Å². The van der Waals surface area contributed by atoms with E-state index in [1.54, 1.807) is 0 Å². The lowest BCUT2D eigenvalue weighted by Crippen LogP contribution is -2.40. The quantitative estimate of drug-likeness (QED) is 0.823. The molecule has 6 nitrogen and oxygen atoms in total. The molecule has 1 aliphatic heterocycles. The summed E-state index contributed by atoms with van der Waals surface area (Å²) in [6, 6.07) is 3.36. The van der Waals surface area contributed by atoms with E-state index in [0.29, 0.717) is 13.1 Å². The zero-order valence-electron chi connectivity index (χ0n) is 13.0. The summed E-state index contributed by atoms with van der Waals surface area (Å²) in [6.07, 6.45) is 2.68. The monoisotopic (exact) mass is 364 g/mol. The molecule has 23 heavy (non-hydrogen) atoms. The fraction of sp³-hybridized carbons (Fsp3) is 0.571. The van der Waals surface area contributed by atoms with Crippen molar-refractivity contribution in [2.45, 2.75) is 31.1 Å². The van der Waals surface area contributed by atoms with Crippen LogP contribution in [0.15, 0.2) is 23.1 Å². The van der Waals surface area contributed by atoms with Crippen LogP contribution in [0.4, 0.5) is 4.39 Å². The van der Waals surface area contributed by atoms with Gasteiger partial charge in [0.2, 0.25) is 20.0 Å². The van der Waals surface area contributed by atoms with Gasteiger partial charge in [0, 0.05) is 19.6 Å². The summed E-state index contributed by atoms with van der Waals surface area (Å²) < 4.78 is 65.4. The first-order valence-electron chi connectivity index (χ1n) is 7.46. The Kier molecular flexibility index (Phi) is 5.77. The minimum absolute atomic E-state index is 0.0470. The van der Waals surface area contributed by atoms with Crippen LogP contribution in [0.5, 0.6) is 0 Å². The molecule has 1 heterocycles. The van der Waals surface area contributed by atoms with Gasteiger partial charge in [0.1, 0.15) is 5.82 Å². The van der Waals surface area contributed by atoms with Crippen molar-refractivity contribution in [1.29, 1.82) is 0 Å². The molecule has 0 aromatic heterocycles. The number of piperidine rings is 1. The van der Waals surface area contributed by atoms with Gasteiger partial charge >= 0.3 is 0 Å². The lowest BCUT2D eigenvalue weighted by Gasteiger charge is -2.25. The predicted molar refractivity (Wildman–Crippen MR) is 85.5 cm³/mol. The maximum atomic E-state index is 13.0. The van der Waals surface area contributed by atoms with Crippen molar-refractivity contribution in [3.63, 3.8) is 0 Å². The maximum Gasteiger partial charge on any atom is 0.240 e. The van der Waals surface area contributed by atoms with Gasteiger partial charge in [-0.05, 0) is 43.5 Å². The van der Waals surface area contributed by atoms with Gasteiger partial charge in [0.15, 0.2) is 0 Å². The summed E-state index contributed by atoms with van der Waals surface area (Å²) in [4.78, 5) is -0.0470. The van der Waals surface area contributed by atoms with Crippen LogP contribution in [-0.2, 0) is 20.0 Å². The lowest BCUT2D eigenvalue weighted by atomic mass is 10.2. The Morgan fingerprint density at radius 3 is 2.39 bits per heavy atom. The molecule has 2 rings (SSSR count). The van der Waals surface area contributed by atoms with E-state index in [0.717, 1.165) is 31.4 Å². The van der Waals surface area contributed by atoms with E-state index in [2.05, 4.69) is 4.72 Å². The minimum atomic E-state index is -3.86. The number of benzene rings is 1. The summed E-state index contributed by atoms with van der Waals surface area (Å²) >= 11 is 0. The summed E-state index contributed by atoms with van der Waals surface area (Å²) in [5, 5.41) is 0. The first-order valence-corrected chi connectivity index (χ1v) is 10.6. The van der Waals surface area contributed by atoms with Crippen LogP contribution in [0.25, 0.3) is 0 Å². The molecule has 9 heteroatoms. The number of aryl methyl sites for hydroxylation is 1. The zero-order chi connectivity index (χ0) is 17.1. The third-order valence-electron chi connectivity index (χ3n) is 3.79. The molecule has 0 unspecified atom stereocenters. The molecule has 1 fully saturated rings. The molecule has 0 spiro atoms. The van der Waals surface area contributed by atoms with Gasteiger partial charge in [-0.3, -0.25) is 0 Å². The lowest BCUT2D eigenvalue weighted by molar-refractivity contribution is 0.346. The second-order valence-electron chi connectivity index (χ2n) is 5.58. The van der Waals surface area contributed by atoms with Crippen LogP contribution in [0.1, 0.15) is 24.8 Å². The van der Waals surface area contributed by atoms with Crippen LogP contribution < -0.4 is 4.72 Å². The van der Waals surface area contributed by atoms with E-state index in [9.17, 15) is 21.2 Å². The fourth-order valence-electron chi connectivity index (χ4n) is 2.57. The SMILES string of the molecule is Cc1cc(F)ccc1S(=O)(=O)NCCS(=O)(=O)N1CCCCC1. The summed E-state index contributed by atoms with van der Waals surface area (Å²) in [7, 11) is -7.32. The van der Waals surface area contributed by atoms with E-state index in [4.69, 9.17) is 0 Å². The number of hydrogen-bond donors (Lipinski definition) is 1. The van der Waals surface area contributed by atoms with Crippen molar-refractivity contribution in [1.82, 2.24) is 9.03 Å². The van der Waals surface area contributed by atoms with Crippen molar-refractivity contribution >= 4 is 20.0 Å². The molecule has 0 atom stereocenters. The summed E-state index contributed by atoms with van der Waals surface area (Å²) in [6.45, 7) is 2.26. The Morgan fingerprint density at radius 2 is 1.78 bits per heavy atom. The number of hydrogen-bond acceptors (Lipinski definition) is 4. The highest BCUT2D eigenvalue weighted by molar-refractivity contribution is 7.90. The molecule has 0 bridgehead atoms. The average Bonchev–Trinajstić information content (AvgIpc) is 2.47. The summed E-state index contributed by atoms with van der Waals surface area (Å²) in [5.41, 5.74) is 0.274. The van der Waals surface area contributed by atoms with Crippen molar-refractivity contribution in [3.8, 4) is 0 Å². The van der Waals surface area contributed by atoms with Gasteiger partial charge in [0.25, 0.3) is 0 Å². The second-order valence-corrected chi connectivity index (χ2v) is 9.41. The number of halogens is 1. The molecule has 1 aromatic carbocycles. The molecule has 0 radical (unpaired) electrons. The van der Waals surface area contributed by atoms with E-state index in [-0.39, 0.29) is 22.8 Å². The van der Waals surface area contributed by atoms with Gasteiger partial charge < -0.3 is 0 Å². The van der Waals surface area contributed by atoms with Crippen molar-refractivity contribution in [2.24, 2.45) is 0 Å². The largest absolute Gasteiger partial charge is 0.240 e. The molecule has 1 aliphatic rings. The average molecular weight is 364 g/mol. The number of nitrogens with one attached hydrogen (secondary N) is 1. The molecule has 0 saturated carbocycles. The third kappa shape index (κ3) is 4.72. The van der Waals surface area contributed by atoms with Gasteiger partial charge in [-0.1, -0.05) is 6.42 Å². The fourth-order valence-corrected chi connectivity index (χ4v) is 5.39. The Hall–Kier alpha value is -1.03. The standard InChI is InChI=1S/C14H21FN2O4S2/c1-12-11-13(15)5-6-14(12)23(20,21)16-7-10-22(18,19)17-8-3-2-4-9-17/h5-6,11,16H,2-4,7-10H2,1H3. The van der Waals surface area contributed by atoms with Gasteiger partial charge in [0.05, 0.1) is 10.6 Å². The first-order chi connectivity index (χ1) is 10.7. The van der Waals surface area contributed by atoms with Crippen LogP contribution in [0, 0.1) is 12.7 Å². The molecule has 130 valence electrons. The van der Waals surface area contributed by atoms with Crippen molar-refractivity contribution < 1.29 is 21.2 Å². The molecular weight excluding hydrogens is 343 g/mol. The number of sulfonamides is 2. The summed E-state index contributed by atoms with van der Waals surface area (Å²) in [5.74, 6) is -0.805. The zero-order valence-corrected chi connectivity index (χ0v) is 14.6. The van der Waals surface area contributed by atoms with Gasteiger partial charge in [-0.25, -0.2) is 30.3 Å². The third-order valence-corrected chi connectivity index (χ3v) is 7.28.